The van der Waals surface area contributed by atoms with Crippen molar-refractivity contribution in [3.63, 3.8) is 0 Å². The van der Waals surface area contributed by atoms with Crippen LogP contribution in [0, 0.1) is 10.7 Å². The second kappa shape index (κ2) is 4.43. The van der Waals surface area contributed by atoms with E-state index in [1.165, 1.54) is 18.4 Å². The molecule has 2 aromatic rings. The van der Waals surface area contributed by atoms with Gasteiger partial charge in [-0.05, 0) is 55.6 Å². The minimum atomic E-state index is 0.356. The average Bonchev–Trinajstić information content (AvgIpc) is 3.02. The van der Waals surface area contributed by atoms with Gasteiger partial charge < -0.3 is 14.3 Å². The number of aromatic amines is 1. The highest BCUT2D eigenvalue weighted by Crippen LogP contribution is 2.44. The van der Waals surface area contributed by atoms with Gasteiger partial charge in [0.05, 0.1) is 23.2 Å². The van der Waals surface area contributed by atoms with Crippen LogP contribution in [0.3, 0.4) is 0 Å². The number of aromatic nitrogens is 2. The smallest absolute Gasteiger partial charge is 0.178 e. The molecule has 0 bridgehead atoms. The molecular weight excluding hydrogens is 324 g/mol. The van der Waals surface area contributed by atoms with E-state index in [4.69, 9.17) is 17.0 Å². The minimum absolute atomic E-state index is 0.356. The first-order valence-electron chi connectivity index (χ1n) is 6.75. The van der Waals surface area contributed by atoms with Crippen LogP contribution in [0.4, 0.5) is 0 Å². The van der Waals surface area contributed by atoms with Gasteiger partial charge in [0.15, 0.2) is 4.77 Å². The van der Waals surface area contributed by atoms with Crippen LogP contribution in [0.5, 0.6) is 0 Å². The summed E-state index contributed by atoms with van der Waals surface area (Å²) in [6.07, 6.45) is 4.04. The second-order valence-electron chi connectivity index (χ2n) is 5.49. The van der Waals surface area contributed by atoms with E-state index in [1.807, 2.05) is 0 Å². The molecule has 1 aliphatic carbocycles. The van der Waals surface area contributed by atoms with Crippen LogP contribution in [0.2, 0.25) is 0 Å². The summed E-state index contributed by atoms with van der Waals surface area (Å²) in [6, 6.07) is 6.69. The first kappa shape index (κ1) is 12.1. The Morgan fingerprint density at radius 1 is 1.32 bits per heavy atom. The molecule has 1 saturated heterocycles. The highest BCUT2D eigenvalue weighted by molar-refractivity contribution is 9.10. The molecule has 2 unspecified atom stereocenters. The fourth-order valence-electron chi connectivity index (χ4n) is 3.18. The molecule has 1 saturated carbocycles. The lowest BCUT2D eigenvalue weighted by atomic mass is 10.1. The molecule has 0 radical (unpaired) electrons. The van der Waals surface area contributed by atoms with Gasteiger partial charge >= 0.3 is 0 Å². The zero-order valence-corrected chi connectivity index (χ0v) is 12.8. The van der Waals surface area contributed by atoms with Crippen molar-refractivity contribution < 1.29 is 4.74 Å². The van der Waals surface area contributed by atoms with Crippen molar-refractivity contribution in [1.82, 2.24) is 9.55 Å². The van der Waals surface area contributed by atoms with E-state index in [9.17, 15) is 0 Å². The fourth-order valence-corrected chi connectivity index (χ4v) is 3.89. The molecule has 1 N–H and O–H groups in total. The number of nitrogens with zero attached hydrogens (tertiary/aromatic N) is 1. The van der Waals surface area contributed by atoms with Gasteiger partial charge in [0.1, 0.15) is 0 Å². The summed E-state index contributed by atoms with van der Waals surface area (Å²) >= 11 is 9.04. The Kier molecular flexibility index (Phi) is 2.83. The number of hydrogen-bond acceptors (Lipinski definition) is 2. The molecule has 3 nitrogen and oxygen atoms in total. The third-order valence-corrected chi connectivity index (χ3v) is 4.99. The van der Waals surface area contributed by atoms with E-state index in [2.05, 4.69) is 43.7 Å². The van der Waals surface area contributed by atoms with Crippen LogP contribution in [-0.2, 0) is 4.74 Å². The van der Waals surface area contributed by atoms with Gasteiger partial charge in [0.2, 0.25) is 0 Å². The number of rotatable bonds is 2. The maximum absolute atomic E-state index is 5.95. The first-order chi connectivity index (χ1) is 9.24. The fraction of sp³-hybridized carbons (Fsp3) is 0.500. The Morgan fingerprint density at radius 3 is 2.95 bits per heavy atom. The summed E-state index contributed by atoms with van der Waals surface area (Å²) in [5, 5.41) is 0. The Morgan fingerprint density at radius 2 is 2.16 bits per heavy atom. The molecule has 1 aliphatic heterocycles. The molecule has 2 atom stereocenters. The monoisotopic (exact) mass is 338 g/mol. The first-order valence-corrected chi connectivity index (χ1v) is 7.95. The lowest BCUT2D eigenvalue weighted by Gasteiger charge is -2.20. The van der Waals surface area contributed by atoms with Crippen molar-refractivity contribution in [3.8, 4) is 0 Å². The molecule has 2 aliphatic rings. The van der Waals surface area contributed by atoms with Crippen LogP contribution in [-0.4, -0.2) is 22.3 Å². The third-order valence-electron chi connectivity index (χ3n) is 4.20. The van der Waals surface area contributed by atoms with Crippen molar-refractivity contribution >= 4 is 39.2 Å². The standard InChI is InChI=1S/C14H15BrN2OS/c15-9-3-4-11-10(7-9)16-14(19)17(11)12-5-6-18-13(12)8-1-2-8/h3-4,7-8,12-13H,1-2,5-6H2,(H,16,19). The molecular formula is C14H15BrN2OS. The van der Waals surface area contributed by atoms with Gasteiger partial charge in [-0.2, -0.15) is 0 Å². The quantitative estimate of drug-likeness (QED) is 0.831. The van der Waals surface area contributed by atoms with Crippen LogP contribution in [0.15, 0.2) is 22.7 Å². The van der Waals surface area contributed by atoms with E-state index >= 15 is 0 Å². The van der Waals surface area contributed by atoms with E-state index < -0.39 is 0 Å². The average molecular weight is 339 g/mol. The summed E-state index contributed by atoms with van der Waals surface area (Å²) < 4.78 is 10.1. The van der Waals surface area contributed by atoms with Crippen molar-refractivity contribution in [2.45, 2.75) is 31.4 Å². The summed E-state index contributed by atoms with van der Waals surface area (Å²) in [5.74, 6) is 0.745. The van der Waals surface area contributed by atoms with Crippen LogP contribution < -0.4 is 0 Å². The summed E-state index contributed by atoms with van der Waals surface area (Å²) in [4.78, 5) is 3.32. The van der Waals surface area contributed by atoms with Crippen molar-refractivity contribution in [1.29, 1.82) is 0 Å². The third kappa shape index (κ3) is 1.99. The molecule has 100 valence electrons. The zero-order valence-electron chi connectivity index (χ0n) is 10.4. The van der Waals surface area contributed by atoms with Gasteiger partial charge in [0, 0.05) is 11.1 Å². The summed E-state index contributed by atoms with van der Waals surface area (Å²) in [7, 11) is 0. The van der Waals surface area contributed by atoms with Crippen molar-refractivity contribution in [2.24, 2.45) is 5.92 Å². The minimum Gasteiger partial charge on any atom is -0.376 e. The SMILES string of the molecule is S=c1[nH]c2cc(Br)ccc2n1C1CCOC1C1CC1. The molecule has 0 spiro atoms. The number of fused-ring (bicyclic) bond motifs is 1. The normalized spacial score (nSPS) is 27.2. The lowest BCUT2D eigenvalue weighted by Crippen LogP contribution is -2.22. The van der Waals surface area contributed by atoms with E-state index in [0.29, 0.717) is 12.1 Å². The topological polar surface area (TPSA) is 29.9 Å². The van der Waals surface area contributed by atoms with Crippen molar-refractivity contribution in [2.75, 3.05) is 6.61 Å². The Bertz CT molecular complexity index is 688. The Labute approximate surface area is 125 Å². The van der Waals surface area contributed by atoms with E-state index in [-0.39, 0.29) is 0 Å². The summed E-state index contributed by atoms with van der Waals surface area (Å²) in [6.45, 7) is 0.858. The number of nitrogens with one attached hydrogen (secondary N) is 1. The van der Waals surface area contributed by atoms with Gasteiger partial charge in [-0.25, -0.2) is 0 Å². The van der Waals surface area contributed by atoms with Gasteiger partial charge in [-0.1, -0.05) is 15.9 Å². The summed E-state index contributed by atoms with van der Waals surface area (Å²) in [5.41, 5.74) is 2.29. The second-order valence-corrected chi connectivity index (χ2v) is 6.79. The number of halogens is 1. The number of ether oxygens (including phenoxy) is 1. The van der Waals surface area contributed by atoms with E-state index in [0.717, 1.165) is 33.7 Å². The van der Waals surface area contributed by atoms with Gasteiger partial charge in [-0.3, -0.25) is 0 Å². The van der Waals surface area contributed by atoms with Gasteiger partial charge in [-0.15, -0.1) is 0 Å². The number of imidazole rings is 1. The predicted octanol–water partition coefficient (Wildman–Crippen LogP) is 4.20. The molecule has 1 aromatic carbocycles. The highest BCUT2D eigenvalue weighted by atomic mass is 79.9. The van der Waals surface area contributed by atoms with Crippen LogP contribution in [0.25, 0.3) is 11.0 Å². The van der Waals surface area contributed by atoms with Gasteiger partial charge in [0.25, 0.3) is 0 Å². The number of benzene rings is 1. The largest absolute Gasteiger partial charge is 0.376 e. The molecule has 19 heavy (non-hydrogen) atoms. The molecule has 1 aromatic heterocycles. The lowest BCUT2D eigenvalue weighted by molar-refractivity contribution is 0.0756. The number of hydrogen-bond donors (Lipinski definition) is 1. The molecule has 5 heteroatoms. The maximum atomic E-state index is 5.95. The molecule has 2 heterocycles. The Hall–Kier alpha value is -0.650. The van der Waals surface area contributed by atoms with Crippen LogP contribution >= 0.6 is 28.1 Å². The zero-order chi connectivity index (χ0) is 13.0. The predicted molar refractivity (Wildman–Crippen MR) is 80.9 cm³/mol. The number of H-pyrrole nitrogens is 1. The van der Waals surface area contributed by atoms with Crippen molar-refractivity contribution in [3.05, 3.63) is 27.4 Å². The van der Waals surface area contributed by atoms with Crippen LogP contribution in [0.1, 0.15) is 25.3 Å². The maximum Gasteiger partial charge on any atom is 0.178 e. The van der Waals surface area contributed by atoms with E-state index in [1.54, 1.807) is 0 Å². The highest BCUT2D eigenvalue weighted by Gasteiger charge is 2.42. The molecule has 4 rings (SSSR count). The molecule has 0 amide bonds. The molecule has 2 fully saturated rings. The Balaban J connectivity index is 1.85.